The third kappa shape index (κ3) is 4.55. The molecule has 3 atom stereocenters. The second-order valence-electron chi connectivity index (χ2n) is 7.49. The minimum absolute atomic E-state index is 0.418. The number of hydrogen-bond acceptors (Lipinski definition) is 3. The summed E-state index contributed by atoms with van der Waals surface area (Å²) in [4.78, 5) is 0. The van der Waals surface area contributed by atoms with Crippen LogP contribution in [0.5, 0.6) is 0 Å². The summed E-state index contributed by atoms with van der Waals surface area (Å²) < 4.78 is 12.9. The minimum Gasteiger partial charge on any atom is -0.420 e. The lowest BCUT2D eigenvalue weighted by Gasteiger charge is -2.40. The molecule has 0 spiro atoms. The predicted molar refractivity (Wildman–Crippen MR) is 111 cm³/mol. The third-order valence-electron chi connectivity index (χ3n) is 5.59. The Bertz CT molecular complexity index is 522. The molecule has 0 N–H and O–H groups in total. The molecule has 0 radical (unpaired) electrons. The second-order valence-corrected chi connectivity index (χ2v) is 14.3. The highest BCUT2D eigenvalue weighted by molar-refractivity contribution is 7.80. The highest BCUT2D eigenvalue weighted by Gasteiger charge is 2.42. The zero-order chi connectivity index (χ0) is 16.8. The first-order valence-electron chi connectivity index (χ1n) is 9.72. The fraction of sp³-hybridized carbons (Fsp3) is 0.684. The van der Waals surface area contributed by atoms with Gasteiger partial charge in [0.15, 0.2) is 9.04 Å². The van der Waals surface area contributed by atoms with Crippen LogP contribution in [0.1, 0.15) is 44.6 Å². The van der Waals surface area contributed by atoms with Gasteiger partial charge < -0.3 is 8.85 Å². The summed E-state index contributed by atoms with van der Waals surface area (Å²) in [5.74, 6) is 0.967. The molecule has 0 aromatic heterocycles. The van der Waals surface area contributed by atoms with Gasteiger partial charge in [-0.1, -0.05) is 37.1 Å². The van der Waals surface area contributed by atoms with Crippen LogP contribution in [-0.2, 0) is 14.9 Å². The van der Waals surface area contributed by atoms with Crippen molar-refractivity contribution in [1.29, 1.82) is 0 Å². The molecule has 2 aliphatic rings. The van der Waals surface area contributed by atoms with E-state index >= 15 is 0 Å². The van der Waals surface area contributed by atoms with E-state index < -0.39 is 17.4 Å². The molecule has 0 aliphatic carbocycles. The van der Waals surface area contributed by atoms with Crippen molar-refractivity contribution in [1.82, 2.24) is 0 Å². The maximum Gasteiger partial charge on any atom is 0.224 e. The SMILES string of the molecule is CC1CCC[Si](CCCS)(c2ccccc2C[SiH]2CCCCO2)O1. The van der Waals surface area contributed by atoms with E-state index in [1.165, 1.54) is 56.3 Å². The quantitative estimate of drug-likeness (QED) is 0.594. The first-order chi connectivity index (χ1) is 11.7. The van der Waals surface area contributed by atoms with Gasteiger partial charge in [-0.15, -0.1) is 0 Å². The Kier molecular flexibility index (Phi) is 7.04. The Labute approximate surface area is 155 Å². The van der Waals surface area contributed by atoms with Crippen LogP contribution in [0, 0.1) is 0 Å². The van der Waals surface area contributed by atoms with Crippen molar-refractivity contribution in [3.63, 3.8) is 0 Å². The molecule has 3 rings (SSSR count). The van der Waals surface area contributed by atoms with Crippen LogP contribution in [-0.4, -0.2) is 35.8 Å². The molecule has 1 aromatic rings. The lowest BCUT2D eigenvalue weighted by molar-refractivity contribution is 0.179. The normalized spacial score (nSPS) is 31.1. The number of rotatable bonds is 6. The van der Waals surface area contributed by atoms with Crippen LogP contribution >= 0.6 is 12.6 Å². The van der Waals surface area contributed by atoms with Gasteiger partial charge in [-0.2, -0.15) is 12.6 Å². The molecular formula is C19H32O2SSi2. The van der Waals surface area contributed by atoms with E-state index in [4.69, 9.17) is 8.85 Å². The first-order valence-corrected chi connectivity index (χ1v) is 14.8. The average molecular weight is 381 g/mol. The zero-order valence-electron chi connectivity index (χ0n) is 15.0. The van der Waals surface area contributed by atoms with Gasteiger partial charge >= 0.3 is 0 Å². The van der Waals surface area contributed by atoms with Gasteiger partial charge in [0, 0.05) is 12.7 Å². The first kappa shape index (κ1) is 18.7. The van der Waals surface area contributed by atoms with Crippen LogP contribution in [0.15, 0.2) is 24.3 Å². The second kappa shape index (κ2) is 9.03. The van der Waals surface area contributed by atoms with E-state index in [-0.39, 0.29) is 0 Å². The number of benzene rings is 1. The average Bonchev–Trinajstić information content (AvgIpc) is 2.61. The molecule has 2 aliphatic heterocycles. The highest BCUT2D eigenvalue weighted by atomic mass is 32.1. The lowest BCUT2D eigenvalue weighted by Crippen LogP contribution is -2.56. The number of hydrogen-bond donors (Lipinski definition) is 1. The largest absolute Gasteiger partial charge is 0.420 e. The van der Waals surface area contributed by atoms with Crippen LogP contribution in [0.2, 0.25) is 18.1 Å². The third-order valence-corrected chi connectivity index (χ3v) is 13.2. The van der Waals surface area contributed by atoms with Gasteiger partial charge in [0.05, 0.1) is 0 Å². The molecular weight excluding hydrogens is 348 g/mol. The van der Waals surface area contributed by atoms with Gasteiger partial charge in [0.1, 0.15) is 0 Å². The van der Waals surface area contributed by atoms with Crippen molar-refractivity contribution in [2.24, 2.45) is 0 Å². The summed E-state index contributed by atoms with van der Waals surface area (Å²) in [6.07, 6.45) is 6.76. The monoisotopic (exact) mass is 380 g/mol. The fourth-order valence-electron chi connectivity index (χ4n) is 4.42. The van der Waals surface area contributed by atoms with Crippen LogP contribution in [0.3, 0.4) is 0 Å². The molecule has 2 saturated heterocycles. The van der Waals surface area contributed by atoms with E-state index in [1.807, 2.05) is 0 Å². The van der Waals surface area contributed by atoms with Crippen LogP contribution in [0.4, 0.5) is 0 Å². The molecule has 1 aromatic carbocycles. The van der Waals surface area contributed by atoms with E-state index in [0.717, 1.165) is 12.4 Å². The fourth-order valence-corrected chi connectivity index (χ4v) is 12.4. The smallest absolute Gasteiger partial charge is 0.224 e. The molecule has 24 heavy (non-hydrogen) atoms. The van der Waals surface area contributed by atoms with Crippen LogP contribution in [0.25, 0.3) is 0 Å². The van der Waals surface area contributed by atoms with Crippen molar-refractivity contribution in [3.8, 4) is 0 Å². The summed E-state index contributed by atoms with van der Waals surface area (Å²) in [5, 5.41) is 1.58. The van der Waals surface area contributed by atoms with Gasteiger partial charge in [-0.05, 0) is 66.9 Å². The maximum atomic E-state index is 6.77. The molecule has 0 bridgehead atoms. The summed E-state index contributed by atoms with van der Waals surface area (Å²) in [6, 6.07) is 14.2. The molecule has 2 fully saturated rings. The Morgan fingerprint density at radius 2 is 2.12 bits per heavy atom. The van der Waals surface area contributed by atoms with E-state index in [2.05, 4.69) is 43.8 Å². The Morgan fingerprint density at radius 3 is 2.88 bits per heavy atom. The van der Waals surface area contributed by atoms with Crippen molar-refractivity contribution in [3.05, 3.63) is 29.8 Å². The highest BCUT2D eigenvalue weighted by Crippen LogP contribution is 2.31. The lowest BCUT2D eigenvalue weighted by atomic mass is 10.2. The summed E-state index contributed by atoms with van der Waals surface area (Å²) in [6.45, 7) is 3.26. The minimum atomic E-state index is -1.85. The molecule has 134 valence electrons. The van der Waals surface area contributed by atoms with E-state index in [9.17, 15) is 0 Å². The van der Waals surface area contributed by atoms with E-state index in [0.29, 0.717) is 6.10 Å². The predicted octanol–water partition coefficient (Wildman–Crippen LogP) is 3.97. The summed E-state index contributed by atoms with van der Waals surface area (Å²) >= 11 is 4.48. The molecule has 2 heterocycles. The molecule has 0 saturated carbocycles. The van der Waals surface area contributed by atoms with Crippen molar-refractivity contribution in [2.75, 3.05) is 12.4 Å². The Hall–Kier alpha value is -0.0762. The van der Waals surface area contributed by atoms with Gasteiger partial charge in [-0.25, -0.2) is 0 Å². The molecule has 2 nitrogen and oxygen atoms in total. The molecule has 0 amide bonds. The molecule has 3 unspecified atom stereocenters. The van der Waals surface area contributed by atoms with Crippen molar-refractivity contribution in [2.45, 2.75) is 69.3 Å². The summed E-state index contributed by atoms with van der Waals surface area (Å²) in [7, 11) is -2.91. The van der Waals surface area contributed by atoms with Gasteiger partial charge in [-0.3, -0.25) is 0 Å². The molecule has 5 heteroatoms. The Morgan fingerprint density at radius 1 is 1.25 bits per heavy atom. The van der Waals surface area contributed by atoms with E-state index in [1.54, 1.807) is 10.8 Å². The topological polar surface area (TPSA) is 18.5 Å². The van der Waals surface area contributed by atoms with Gasteiger partial charge in [0.25, 0.3) is 0 Å². The summed E-state index contributed by atoms with van der Waals surface area (Å²) in [5.41, 5.74) is 1.55. The van der Waals surface area contributed by atoms with Crippen LogP contribution < -0.4 is 5.19 Å². The number of thiol groups is 1. The van der Waals surface area contributed by atoms with Crippen molar-refractivity contribution >= 4 is 35.2 Å². The standard InChI is InChI=1S/C19H32O2SSi2/c1-17-8-6-14-24(21-17,15-7-12-22)19-10-3-2-9-18(19)16-23-13-5-4-11-20-23/h2-3,9-10,17,22-23H,4-8,11-16H2,1H3. The van der Waals surface area contributed by atoms with Crippen molar-refractivity contribution < 1.29 is 8.85 Å². The zero-order valence-corrected chi connectivity index (χ0v) is 18.1. The van der Waals surface area contributed by atoms with Gasteiger partial charge in [0.2, 0.25) is 8.32 Å². The maximum absolute atomic E-state index is 6.77. The Balaban J connectivity index is 1.86.